The van der Waals surface area contributed by atoms with Gasteiger partial charge in [0.1, 0.15) is 5.82 Å². The van der Waals surface area contributed by atoms with E-state index in [4.69, 9.17) is 19.4 Å². The topological polar surface area (TPSA) is 116 Å². The molecule has 9 rings (SSSR count). The SMILES string of the molecule is Cc1cccc(C)c1-c1cc2nc(n1)NS(=O)(=O)c1cccc(c1)C(C13CC(C1)C3c1ncc(C3CCOCC3)cn1)[C@H](CC(C)C)CO2. The summed E-state index contributed by atoms with van der Waals surface area (Å²) in [4.78, 5) is 19.5. The summed E-state index contributed by atoms with van der Waals surface area (Å²) in [5.74, 6) is 3.06. The van der Waals surface area contributed by atoms with E-state index < -0.39 is 10.0 Å². The molecule has 6 bridgehead atoms. The van der Waals surface area contributed by atoms with Gasteiger partial charge in [-0.15, -0.1) is 0 Å². The van der Waals surface area contributed by atoms with Gasteiger partial charge < -0.3 is 9.47 Å². The molecule has 5 aliphatic rings. The summed E-state index contributed by atoms with van der Waals surface area (Å²) in [5.41, 5.74) is 5.81. The van der Waals surface area contributed by atoms with Crippen LogP contribution in [0.2, 0.25) is 0 Å². The zero-order valence-electron chi connectivity index (χ0n) is 28.7. The molecule has 4 fully saturated rings. The van der Waals surface area contributed by atoms with E-state index in [2.05, 4.69) is 34.6 Å². The molecule has 0 amide bonds. The van der Waals surface area contributed by atoms with Gasteiger partial charge in [0.2, 0.25) is 11.8 Å². The molecule has 1 N–H and O–H groups in total. The number of ether oxygens (including phenoxy) is 2. The molecular formula is C39H45N5O4S. The number of aryl methyl sites for hydroxylation is 2. The molecule has 49 heavy (non-hydrogen) atoms. The Hall–Kier alpha value is -3.89. The second-order valence-corrected chi connectivity index (χ2v) is 16.9. The standard InChI is InChI=1S/C39H45N5O4S/c1-23(2)15-28-22-48-33-17-32(34-24(3)7-5-8-25(34)4)42-38(43-33)44-49(45,46)31-10-6-9-27(16-31)35(28)39-18-29(19-39)36(39)37-40-20-30(21-41-37)26-11-13-47-14-12-26/h5-10,16-17,20-21,23,26,28-29,35-36H,11-15,18-19,22H2,1-4H3,(H,42,43,44)/t28-,29?,35?,36?,39?/m1/s1. The molecule has 256 valence electrons. The van der Waals surface area contributed by atoms with Crippen LogP contribution < -0.4 is 9.46 Å². The van der Waals surface area contributed by atoms with Crippen LogP contribution in [0.15, 0.2) is 65.8 Å². The lowest BCUT2D eigenvalue weighted by Crippen LogP contribution is -2.64. The van der Waals surface area contributed by atoms with Gasteiger partial charge in [-0.2, -0.15) is 4.98 Å². The predicted octanol–water partition coefficient (Wildman–Crippen LogP) is 7.58. The zero-order chi connectivity index (χ0) is 33.9. The molecule has 4 aromatic rings. The van der Waals surface area contributed by atoms with Crippen LogP contribution >= 0.6 is 0 Å². The van der Waals surface area contributed by atoms with E-state index in [1.807, 2.05) is 62.6 Å². The number of sulfonamides is 1. The van der Waals surface area contributed by atoms with Crippen molar-refractivity contribution >= 4 is 16.0 Å². The molecule has 2 aromatic heterocycles. The molecule has 2 aliphatic heterocycles. The van der Waals surface area contributed by atoms with E-state index in [9.17, 15) is 8.42 Å². The number of fused-ring (bicyclic) bond motifs is 4. The Balaban J connectivity index is 1.20. The van der Waals surface area contributed by atoms with Gasteiger partial charge in [-0.25, -0.2) is 28.1 Å². The minimum absolute atomic E-state index is 0.000997. The van der Waals surface area contributed by atoms with Crippen LogP contribution in [0.3, 0.4) is 0 Å². The lowest BCUT2D eigenvalue weighted by molar-refractivity contribution is -0.178. The first-order chi connectivity index (χ1) is 23.6. The summed E-state index contributed by atoms with van der Waals surface area (Å²) < 4.78 is 42.8. The van der Waals surface area contributed by atoms with Crippen LogP contribution in [0, 0.1) is 37.0 Å². The Morgan fingerprint density at radius 2 is 1.63 bits per heavy atom. The number of hydrogen-bond donors (Lipinski definition) is 1. The molecule has 3 atom stereocenters. The van der Waals surface area contributed by atoms with Gasteiger partial charge in [-0.1, -0.05) is 44.2 Å². The van der Waals surface area contributed by atoms with Crippen LogP contribution in [0.4, 0.5) is 5.95 Å². The summed E-state index contributed by atoms with van der Waals surface area (Å²) in [6.45, 7) is 10.6. The highest BCUT2D eigenvalue weighted by Crippen LogP contribution is 2.78. The third-order valence-electron chi connectivity index (χ3n) is 11.5. The maximum Gasteiger partial charge on any atom is 0.264 e. The first-order valence-electron chi connectivity index (χ1n) is 17.7. The third-order valence-corrected chi connectivity index (χ3v) is 12.9. The summed E-state index contributed by atoms with van der Waals surface area (Å²) in [6, 6.07) is 15.4. The minimum atomic E-state index is -4.00. The van der Waals surface area contributed by atoms with Crippen molar-refractivity contribution in [3.05, 3.63) is 89.0 Å². The molecule has 2 aromatic carbocycles. The van der Waals surface area contributed by atoms with Gasteiger partial charge in [0.15, 0.2) is 0 Å². The number of rotatable bonds is 6. The van der Waals surface area contributed by atoms with Crippen LogP contribution in [-0.2, 0) is 14.8 Å². The Morgan fingerprint density at radius 1 is 0.918 bits per heavy atom. The average molecular weight is 680 g/mol. The van der Waals surface area contributed by atoms with Crippen molar-refractivity contribution in [3.63, 3.8) is 0 Å². The maximum absolute atomic E-state index is 14.0. The number of benzene rings is 2. The Labute approximate surface area is 289 Å². The van der Waals surface area contributed by atoms with Crippen LogP contribution in [0.5, 0.6) is 5.88 Å². The van der Waals surface area contributed by atoms with E-state index >= 15 is 0 Å². The van der Waals surface area contributed by atoms with E-state index in [1.54, 1.807) is 6.07 Å². The molecule has 0 radical (unpaired) electrons. The van der Waals surface area contributed by atoms with Crippen molar-refractivity contribution in [2.45, 2.75) is 82.4 Å². The fourth-order valence-electron chi connectivity index (χ4n) is 9.34. The van der Waals surface area contributed by atoms with Crippen molar-refractivity contribution in [1.29, 1.82) is 0 Å². The van der Waals surface area contributed by atoms with Gasteiger partial charge in [0.05, 0.1) is 17.2 Å². The molecule has 3 saturated carbocycles. The van der Waals surface area contributed by atoms with Gasteiger partial charge in [0, 0.05) is 49.1 Å². The second-order valence-electron chi connectivity index (χ2n) is 15.2. The smallest absolute Gasteiger partial charge is 0.264 e. The zero-order valence-corrected chi connectivity index (χ0v) is 29.5. The van der Waals surface area contributed by atoms with Crippen molar-refractivity contribution < 1.29 is 17.9 Å². The number of nitrogens with one attached hydrogen (secondary N) is 1. The Bertz CT molecular complexity index is 1950. The first-order valence-corrected chi connectivity index (χ1v) is 19.2. The normalized spacial score (nSPS) is 27.4. The van der Waals surface area contributed by atoms with E-state index in [-0.39, 0.29) is 34.0 Å². The summed E-state index contributed by atoms with van der Waals surface area (Å²) in [5, 5.41) is 0. The third kappa shape index (κ3) is 5.80. The van der Waals surface area contributed by atoms with Crippen LogP contribution in [0.25, 0.3) is 11.3 Å². The number of anilines is 1. The van der Waals surface area contributed by atoms with Gasteiger partial charge >= 0.3 is 0 Å². The lowest BCUT2D eigenvalue weighted by Gasteiger charge is -2.72. The monoisotopic (exact) mass is 679 g/mol. The number of hydrogen-bond acceptors (Lipinski definition) is 8. The highest BCUT2D eigenvalue weighted by Gasteiger charge is 2.70. The van der Waals surface area contributed by atoms with Crippen molar-refractivity contribution in [2.75, 3.05) is 24.5 Å². The number of aromatic nitrogens is 4. The van der Waals surface area contributed by atoms with Crippen LogP contribution in [0.1, 0.15) is 91.8 Å². The van der Waals surface area contributed by atoms with E-state index in [1.165, 1.54) is 5.56 Å². The number of nitrogens with zero attached hydrogens (tertiary/aromatic N) is 4. The van der Waals surface area contributed by atoms with Crippen molar-refractivity contribution in [2.24, 2.45) is 23.2 Å². The van der Waals surface area contributed by atoms with Gasteiger partial charge in [0.25, 0.3) is 10.0 Å². The molecule has 4 heterocycles. The second kappa shape index (κ2) is 12.5. The molecule has 3 aliphatic carbocycles. The molecule has 9 nitrogen and oxygen atoms in total. The Morgan fingerprint density at radius 3 is 2.31 bits per heavy atom. The highest BCUT2D eigenvalue weighted by molar-refractivity contribution is 7.92. The fraction of sp³-hybridized carbons (Fsp3) is 0.487. The molecule has 1 saturated heterocycles. The van der Waals surface area contributed by atoms with Crippen molar-refractivity contribution in [3.8, 4) is 17.1 Å². The lowest BCUT2D eigenvalue weighted by atomic mass is 9.32. The van der Waals surface area contributed by atoms with E-state index in [0.717, 1.165) is 73.4 Å². The van der Waals surface area contributed by atoms with Gasteiger partial charge in [-0.3, -0.25) is 0 Å². The average Bonchev–Trinajstić information content (AvgIpc) is 3.04. The van der Waals surface area contributed by atoms with Gasteiger partial charge in [-0.05, 0) is 109 Å². The highest BCUT2D eigenvalue weighted by atomic mass is 32.2. The predicted molar refractivity (Wildman–Crippen MR) is 188 cm³/mol. The van der Waals surface area contributed by atoms with Crippen molar-refractivity contribution in [1.82, 2.24) is 19.9 Å². The molecular weight excluding hydrogens is 635 g/mol. The summed E-state index contributed by atoms with van der Waals surface area (Å²) >= 11 is 0. The fourth-order valence-corrected chi connectivity index (χ4v) is 10.3. The maximum atomic E-state index is 14.0. The summed E-state index contributed by atoms with van der Waals surface area (Å²) in [6.07, 6.45) is 9.16. The van der Waals surface area contributed by atoms with Crippen LogP contribution in [-0.4, -0.2) is 48.2 Å². The molecule has 2 unspecified atom stereocenters. The molecule has 0 spiro atoms. The van der Waals surface area contributed by atoms with E-state index in [0.29, 0.717) is 35.9 Å². The molecule has 10 heteroatoms. The largest absolute Gasteiger partial charge is 0.477 e. The Kier molecular flexibility index (Phi) is 8.22. The quantitative estimate of drug-likeness (QED) is 0.222. The summed E-state index contributed by atoms with van der Waals surface area (Å²) in [7, 11) is -4.00. The first kappa shape index (κ1) is 32.3. The minimum Gasteiger partial charge on any atom is -0.477 e.